The molecule has 3 aromatic heterocycles. The van der Waals surface area contributed by atoms with Crippen molar-refractivity contribution in [1.29, 1.82) is 0 Å². The Morgan fingerprint density at radius 3 is 2.15 bits per heavy atom. The predicted molar refractivity (Wildman–Crippen MR) is 76.5 cm³/mol. The number of hydrogen-bond donors (Lipinski definition) is 2. The second-order valence-electron chi connectivity index (χ2n) is 4.34. The van der Waals surface area contributed by atoms with Crippen LogP contribution in [0.25, 0.3) is 22.7 Å². The monoisotopic (exact) mass is 267 g/mol. The summed E-state index contributed by atoms with van der Waals surface area (Å²) in [5.74, 6) is 1.78. The van der Waals surface area contributed by atoms with E-state index in [1.807, 2.05) is 31.2 Å². The fourth-order valence-corrected chi connectivity index (χ4v) is 1.91. The molecule has 20 heavy (non-hydrogen) atoms. The van der Waals surface area contributed by atoms with E-state index in [1.54, 1.807) is 12.4 Å². The van der Waals surface area contributed by atoms with Crippen LogP contribution in [0.5, 0.6) is 0 Å². The van der Waals surface area contributed by atoms with Crippen molar-refractivity contribution in [3.8, 4) is 22.7 Å². The van der Waals surface area contributed by atoms with Crippen molar-refractivity contribution in [3.63, 3.8) is 0 Å². The summed E-state index contributed by atoms with van der Waals surface area (Å²) in [6, 6.07) is 7.36. The van der Waals surface area contributed by atoms with E-state index >= 15 is 0 Å². The number of aromatic nitrogens is 3. The van der Waals surface area contributed by atoms with Gasteiger partial charge < -0.3 is 15.9 Å². The highest BCUT2D eigenvalue weighted by Gasteiger charge is 2.16. The van der Waals surface area contributed by atoms with Gasteiger partial charge in [0.15, 0.2) is 17.4 Å². The number of anilines is 2. The molecule has 0 fully saturated rings. The van der Waals surface area contributed by atoms with Gasteiger partial charge in [0.1, 0.15) is 17.1 Å². The zero-order valence-corrected chi connectivity index (χ0v) is 10.9. The first-order valence-electron chi connectivity index (χ1n) is 6.05. The lowest BCUT2D eigenvalue weighted by Crippen LogP contribution is -2.04. The van der Waals surface area contributed by atoms with Gasteiger partial charge in [0, 0.05) is 18.0 Å². The third-order valence-electron chi connectivity index (χ3n) is 2.88. The summed E-state index contributed by atoms with van der Waals surface area (Å²) < 4.78 is 5.61. The van der Waals surface area contributed by atoms with Crippen molar-refractivity contribution in [2.24, 2.45) is 0 Å². The summed E-state index contributed by atoms with van der Waals surface area (Å²) in [5, 5.41) is 0. The van der Waals surface area contributed by atoms with Gasteiger partial charge in [-0.3, -0.25) is 4.98 Å². The maximum atomic E-state index is 5.77. The second-order valence-corrected chi connectivity index (χ2v) is 4.34. The van der Waals surface area contributed by atoms with E-state index in [0.717, 1.165) is 11.3 Å². The SMILES string of the molecule is Cc1ccc(-c2nc(N)c(N)nc2-c2ccncc2)o1. The number of nitrogen functional groups attached to an aromatic ring is 2. The number of nitrogens with two attached hydrogens (primary N) is 2. The first kappa shape index (κ1) is 12.2. The molecule has 0 saturated carbocycles. The van der Waals surface area contributed by atoms with Gasteiger partial charge in [0.2, 0.25) is 0 Å². The van der Waals surface area contributed by atoms with Crippen molar-refractivity contribution in [2.75, 3.05) is 11.5 Å². The number of hydrogen-bond acceptors (Lipinski definition) is 6. The van der Waals surface area contributed by atoms with Crippen molar-refractivity contribution in [3.05, 3.63) is 42.4 Å². The first-order chi connectivity index (χ1) is 9.65. The Hall–Kier alpha value is -2.89. The van der Waals surface area contributed by atoms with Gasteiger partial charge in [-0.1, -0.05) is 0 Å². The number of nitrogens with zero attached hydrogens (tertiary/aromatic N) is 3. The Morgan fingerprint density at radius 1 is 0.900 bits per heavy atom. The van der Waals surface area contributed by atoms with Crippen molar-refractivity contribution in [2.45, 2.75) is 6.92 Å². The fourth-order valence-electron chi connectivity index (χ4n) is 1.91. The Labute approximate surface area is 115 Å². The molecule has 0 atom stereocenters. The summed E-state index contributed by atoms with van der Waals surface area (Å²) in [4.78, 5) is 12.6. The van der Waals surface area contributed by atoms with Crippen LogP contribution in [0.2, 0.25) is 0 Å². The molecule has 3 aromatic rings. The first-order valence-corrected chi connectivity index (χ1v) is 6.05. The van der Waals surface area contributed by atoms with Crippen LogP contribution in [0.15, 0.2) is 41.1 Å². The molecule has 0 spiro atoms. The lowest BCUT2D eigenvalue weighted by Gasteiger charge is -2.08. The average Bonchev–Trinajstić information content (AvgIpc) is 2.89. The average molecular weight is 267 g/mol. The van der Waals surface area contributed by atoms with Crippen LogP contribution in [-0.2, 0) is 0 Å². The molecule has 0 aliphatic heterocycles. The molecular weight excluding hydrogens is 254 g/mol. The highest BCUT2D eigenvalue weighted by Crippen LogP contribution is 2.31. The molecule has 4 N–H and O–H groups in total. The number of pyridine rings is 1. The van der Waals surface area contributed by atoms with Gasteiger partial charge in [-0.05, 0) is 31.2 Å². The van der Waals surface area contributed by atoms with Gasteiger partial charge in [-0.25, -0.2) is 9.97 Å². The third-order valence-corrected chi connectivity index (χ3v) is 2.88. The van der Waals surface area contributed by atoms with Gasteiger partial charge >= 0.3 is 0 Å². The molecule has 3 heterocycles. The van der Waals surface area contributed by atoms with Crippen LogP contribution in [0, 0.1) is 6.92 Å². The van der Waals surface area contributed by atoms with Crippen LogP contribution in [0.1, 0.15) is 5.76 Å². The number of aryl methyl sites for hydroxylation is 1. The second kappa shape index (κ2) is 4.65. The summed E-state index contributed by atoms with van der Waals surface area (Å²) >= 11 is 0. The maximum absolute atomic E-state index is 5.77. The van der Waals surface area contributed by atoms with Crippen LogP contribution >= 0.6 is 0 Å². The van der Waals surface area contributed by atoms with E-state index in [9.17, 15) is 0 Å². The van der Waals surface area contributed by atoms with E-state index in [4.69, 9.17) is 15.9 Å². The van der Waals surface area contributed by atoms with E-state index in [-0.39, 0.29) is 11.6 Å². The normalized spacial score (nSPS) is 10.7. The van der Waals surface area contributed by atoms with Crippen LogP contribution in [0.3, 0.4) is 0 Å². The summed E-state index contributed by atoms with van der Waals surface area (Å²) in [6.07, 6.45) is 3.36. The lowest BCUT2D eigenvalue weighted by atomic mass is 10.1. The van der Waals surface area contributed by atoms with Gasteiger partial charge in [-0.15, -0.1) is 0 Å². The molecule has 0 aromatic carbocycles. The molecule has 0 aliphatic carbocycles. The van der Waals surface area contributed by atoms with Crippen molar-refractivity contribution >= 4 is 11.6 Å². The van der Waals surface area contributed by atoms with E-state index in [0.29, 0.717) is 17.1 Å². The predicted octanol–water partition coefficient (Wildman–Crippen LogP) is 2.27. The number of rotatable bonds is 2. The van der Waals surface area contributed by atoms with E-state index < -0.39 is 0 Å². The zero-order valence-electron chi connectivity index (χ0n) is 10.9. The molecule has 6 nitrogen and oxygen atoms in total. The quantitative estimate of drug-likeness (QED) is 0.738. The Balaban J connectivity index is 2.25. The van der Waals surface area contributed by atoms with Crippen molar-refractivity contribution in [1.82, 2.24) is 15.0 Å². The lowest BCUT2D eigenvalue weighted by molar-refractivity contribution is 0.546. The smallest absolute Gasteiger partial charge is 0.167 e. The maximum Gasteiger partial charge on any atom is 0.167 e. The van der Waals surface area contributed by atoms with Gasteiger partial charge in [0.05, 0.1) is 0 Å². The van der Waals surface area contributed by atoms with Gasteiger partial charge in [-0.2, -0.15) is 0 Å². The largest absolute Gasteiger partial charge is 0.460 e. The summed E-state index contributed by atoms with van der Waals surface area (Å²) in [6.45, 7) is 1.86. The molecule has 0 bridgehead atoms. The molecular formula is C14H13N5O. The van der Waals surface area contributed by atoms with E-state index in [2.05, 4.69) is 15.0 Å². The van der Waals surface area contributed by atoms with Crippen LogP contribution in [0.4, 0.5) is 11.6 Å². The Kier molecular flexibility index (Phi) is 2.83. The standard InChI is InChI=1S/C14H13N5O/c1-8-2-3-10(20-8)12-11(9-4-6-17-7-5-9)18-13(15)14(16)19-12/h2-7H,1H3,(H2,15,18)(H2,16,19). The molecule has 0 saturated heterocycles. The zero-order chi connectivity index (χ0) is 14.1. The molecule has 6 heteroatoms. The van der Waals surface area contributed by atoms with E-state index in [1.165, 1.54) is 0 Å². The topological polar surface area (TPSA) is 104 Å². The minimum absolute atomic E-state index is 0.187. The minimum Gasteiger partial charge on any atom is -0.460 e. The highest BCUT2D eigenvalue weighted by atomic mass is 16.3. The van der Waals surface area contributed by atoms with Crippen LogP contribution < -0.4 is 11.5 Å². The molecule has 100 valence electrons. The number of furan rings is 1. The minimum atomic E-state index is 0.187. The Bertz CT molecular complexity index is 752. The fraction of sp³-hybridized carbons (Fsp3) is 0.0714. The Morgan fingerprint density at radius 2 is 1.55 bits per heavy atom. The summed E-state index contributed by atoms with van der Waals surface area (Å²) in [7, 11) is 0. The summed E-state index contributed by atoms with van der Waals surface area (Å²) in [5.41, 5.74) is 13.6. The van der Waals surface area contributed by atoms with Gasteiger partial charge in [0.25, 0.3) is 0 Å². The molecule has 3 rings (SSSR count). The highest BCUT2D eigenvalue weighted by molar-refractivity contribution is 5.78. The van der Waals surface area contributed by atoms with Crippen LogP contribution in [-0.4, -0.2) is 15.0 Å². The molecule has 0 unspecified atom stereocenters. The molecule has 0 amide bonds. The molecule has 0 aliphatic rings. The third kappa shape index (κ3) is 2.07. The van der Waals surface area contributed by atoms with Crippen molar-refractivity contribution < 1.29 is 4.42 Å². The molecule has 0 radical (unpaired) electrons.